The maximum Gasteiger partial charge on any atom is 0.220 e. The first-order valence-electron chi connectivity index (χ1n) is 8.71. The van der Waals surface area contributed by atoms with E-state index in [1.54, 1.807) is 6.20 Å². The molecule has 0 spiro atoms. The highest BCUT2D eigenvalue weighted by molar-refractivity contribution is 6.02. The fraction of sp³-hybridized carbons (Fsp3) is 0.222. The van der Waals surface area contributed by atoms with Crippen LogP contribution in [0.3, 0.4) is 0 Å². The number of hydrogen-bond acceptors (Lipinski definition) is 7. The summed E-state index contributed by atoms with van der Waals surface area (Å²) in [5.74, 6) is 0.702. The molecule has 0 saturated carbocycles. The first kappa shape index (κ1) is 16.8. The van der Waals surface area contributed by atoms with E-state index < -0.39 is 0 Å². The van der Waals surface area contributed by atoms with Gasteiger partial charge >= 0.3 is 0 Å². The molecular weight excluding hydrogens is 342 g/mol. The Labute approximate surface area is 155 Å². The average molecular weight is 363 g/mol. The van der Waals surface area contributed by atoms with Gasteiger partial charge in [0.05, 0.1) is 22.8 Å². The summed E-state index contributed by atoms with van der Waals surface area (Å²) in [5, 5.41) is 18.5. The maximum absolute atomic E-state index is 6.05. The van der Waals surface area contributed by atoms with Crippen molar-refractivity contribution in [3.05, 3.63) is 41.9 Å². The zero-order chi connectivity index (χ0) is 18.8. The van der Waals surface area contributed by atoms with Crippen LogP contribution in [-0.4, -0.2) is 36.9 Å². The van der Waals surface area contributed by atoms with Crippen LogP contribution < -0.4 is 16.8 Å². The zero-order valence-corrected chi connectivity index (χ0v) is 15.0. The molecule has 4 aromatic rings. The number of aryl methyl sites for hydroxylation is 2. The summed E-state index contributed by atoms with van der Waals surface area (Å²) in [4.78, 5) is 8.25. The number of aromatic amines is 2. The van der Waals surface area contributed by atoms with E-state index in [0.29, 0.717) is 5.82 Å². The molecule has 4 rings (SSSR count). The van der Waals surface area contributed by atoms with E-state index in [4.69, 9.17) is 11.5 Å². The number of rotatable bonds is 6. The standard InChI is InChI=1S/C18H21N9/c1-10-11(9-23-25-10)3-2-5-21-14-7-12(13-4-6-22-18(20)24-13)8-15-16(14)17(19)27-26-15/h4,6-9,21H,2-3,5H2,1H3,(H,23,25)(H3,19,26,27)(H2,20,22,24). The highest BCUT2D eigenvalue weighted by Gasteiger charge is 2.12. The second-order valence-corrected chi connectivity index (χ2v) is 6.41. The quantitative estimate of drug-likeness (QED) is 0.330. The van der Waals surface area contributed by atoms with Crippen LogP contribution in [0.4, 0.5) is 17.5 Å². The van der Waals surface area contributed by atoms with Gasteiger partial charge in [-0.1, -0.05) is 0 Å². The number of nitrogens with one attached hydrogen (secondary N) is 3. The molecule has 0 atom stereocenters. The number of nitrogen functional groups attached to an aromatic ring is 2. The van der Waals surface area contributed by atoms with E-state index in [9.17, 15) is 0 Å². The normalized spacial score (nSPS) is 11.1. The lowest BCUT2D eigenvalue weighted by molar-refractivity contribution is 0.858. The van der Waals surface area contributed by atoms with Crippen LogP contribution in [0.5, 0.6) is 0 Å². The zero-order valence-electron chi connectivity index (χ0n) is 15.0. The van der Waals surface area contributed by atoms with Crippen LogP contribution >= 0.6 is 0 Å². The third-order valence-corrected chi connectivity index (χ3v) is 4.53. The minimum atomic E-state index is 0.238. The lowest BCUT2D eigenvalue weighted by Crippen LogP contribution is -2.04. The van der Waals surface area contributed by atoms with Gasteiger partial charge in [-0.2, -0.15) is 10.2 Å². The first-order valence-corrected chi connectivity index (χ1v) is 8.71. The maximum atomic E-state index is 6.05. The summed E-state index contributed by atoms with van der Waals surface area (Å²) in [6.07, 6.45) is 5.43. The molecule has 138 valence electrons. The number of nitrogens with zero attached hydrogens (tertiary/aromatic N) is 4. The fourth-order valence-corrected chi connectivity index (χ4v) is 3.13. The van der Waals surface area contributed by atoms with Gasteiger partial charge in [-0.25, -0.2) is 9.97 Å². The summed E-state index contributed by atoms with van der Waals surface area (Å²) in [6.45, 7) is 2.82. The Morgan fingerprint density at radius 3 is 2.85 bits per heavy atom. The van der Waals surface area contributed by atoms with Gasteiger partial charge in [0.1, 0.15) is 0 Å². The van der Waals surface area contributed by atoms with Gasteiger partial charge in [-0.15, -0.1) is 0 Å². The molecule has 1 aromatic carbocycles. The number of anilines is 3. The van der Waals surface area contributed by atoms with Crippen molar-refractivity contribution in [3.63, 3.8) is 0 Å². The van der Waals surface area contributed by atoms with E-state index in [2.05, 4.69) is 35.7 Å². The van der Waals surface area contributed by atoms with Crippen molar-refractivity contribution in [3.8, 4) is 11.3 Å². The van der Waals surface area contributed by atoms with Gasteiger partial charge in [-0.05, 0) is 43.5 Å². The van der Waals surface area contributed by atoms with E-state index in [1.807, 2.05) is 31.3 Å². The number of fused-ring (bicyclic) bond motifs is 1. The summed E-state index contributed by atoms with van der Waals surface area (Å²) in [6, 6.07) is 5.79. The second-order valence-electron chi connectivity index (χ2n) is 6.41. The van der Waals surface area contributed by atoms with Crippen LogP contribution in [0.1, 0.15) is 17.7 Å². The van der Waals surface area contributed by atoms with Gasteiger partial charge in [0.15, 0.2) is 5.82 Å². The number of benzene rings is 1. The van der Waals surface area contributed by atoms with Crippen LogP contribution in [0.25, 0.3) is 22.2 Å². The molecule has 3 aromatic heterocycles. The van der Waals surface area contributed by atoms with Crippen molar-refractivity contribution in [2.75, 3.05) is 23.3 Å². The van der Waals surface area contributed by atoms with Crippen LogP contribution in [0.2, 0.25) is 0 Å². The molecule has 7 N–H and O–H groups in total. The van der Waals surface area contributed by atoms with Crippen molar-refractivity contribution < 1.29 is 0 Å². The number of nitrogens with two attached hydrogens (primary N) is 2. The fourth-order valence-electron chi connectivity index (χ4n) is 3.13. The molecule has 3 heterocycles. The Hall–Kier alpha value is -3.62. The topological polar surface area (TPSA) is 147 Å². The van der Waals surface area contributed by atoms with Crippen LogP contribution in [-0.2, 0) is 6.42 Å². The highest BCUT2D eigenvalue weighted by atomic mass is 15.2. The van der Waals surface area contributed by atoms with E-state index in [0.717, 1.165) is 52.9 Å². The molecule has 9 nitrogen and oxygen atoms in total. The van der Waals surface area contributed by atoms with Gasteiger partial charge in [0.25, 0.3) is 0 Å². The Morgan fingerprint density at radius 1 is 1.19 bits per heavy atom. The third-order valence-electron chi connectivity index (χ3n) is 4.53. The van der Waals surface area contributed by atoms with Crippen molar-refractivity contribution in [2.24, 2.45) is 0 Å². The lowest BCUT2D eigenvalue weighted by Gasteiger charge is -2.11. The minimum absolute atomic E-state index is 0.238. The largest absolute Gasteiger partial charge is 0.384 e. The molecule has 0 fully saturated rings. The van der Waals surface area contributed by atoms with E-state index in [1.165, 1.54) is 5.56 Å². The third kappa shape index (κ3) is 3.39. The first-order chi connectivity index (χ1) is 13.1. The van der Waals surface area contributed by atoms with Gasteiger partial charge < -0.3 is 16.8 Å². The second kappa shape index (κ2) is 6.94. The number of hydrogen-bond donors (Lipinski definition) is 5. The molecule has 0 saturated heterocycles. The number of aromatic nitrogens is 6. The van der Waals surface area contributed by atoms with Gasteiger partial charge in [-0.3, -0.25) is 10.2 Å². The molecule has 0 aliphatic carbocycles. The summed E-state index contributed by atoms with van der Waals surface area (Å²) in [7, 11) is 0. The molecule has 0 amide bonds. The summed E-state index contributed by atoms with van der Waals surface area (Å²) in [5.41, 5.74) is 17.5. The lowest BCUT2D eigenvalue weighted by atomic mass is 10.1. The molecule has 0 aliphatic rings. The molecular formula is C18H21N9. The molecule has 0 aliphatic heterocycles. The van der Waals surface area contributed by atoms with Crippen molar-refractivity contribution >= 4 is 28.4 Å². The van der Waals surface area contributed by atoms with E-state index >= 15 is 0 Å². The molecule has 0 bridgehead atoms. The number of H-pyrrole nitrogens is 2. The van der Waals surface area contributed by atoms with Crippen LogP contribution in [0, 0.1) is 6.92 Å². The monoisotopic (exact) mass is 363 g/mol. The van der Waals surface area contributed by atoms with Gasteiger partial charge in [0, 0.05) is 29.7 Å². The average Bonchev–Trinajstić information content (AvgIpc) is 3.24. The molecule has 0 unspecified atom stereocenters. The van der Waals surface area contributed by atoms with E-state index in [-0.39, 0.29) is 5.95 Å². The highest BCUT2D eigenvalue weighted by Crippen LogP contribution is 2.32. The van der Waals surface area contributed by atoms with Crippen molar-refractivity contribution in [2.45, 2.75) is 19.8 Å². The van der Waals surface area contributed by atoms with Gasteiger partial charge in [0.2, 0.25) is 5.95 Å². The molecule has 27 heavy (non-hydrogen) atoms. The minimum Gasteiger partial charge on any atom is -0.384 e. The Balaban J connectivity index is 1.58. The smallest absolute Gasteiger partial charge is 0.220 e. The summed E-state index contributed by atoms with van der Waals surface area (Å²) < 4.78 is 0. The van der Waals surface area contributed by atoms with Crippen molar-refractivity contribution in [1.82, 2.24) is 30.4 Å². The SMILES string of the molecule is Cc1[nH]ncc1CCCNc1cc(-c2ccnc(N)n2)cc2[nH]nc(N)c12. The Bertz CT molecular complexity index is 1080. The summed E-state index contributed by atoms with van der Waals surface area (Å²) >= 11 is 0. The van der Waals surface area contributed by atoms with Crippen LogP contribution in [0.15, 0.2) is 30.6 Å². The predicted octanol–water partition coefficient (Wildman–Crippen LogP) is 2.26. The Kier molecular flexibility index (Phi) is 4.33. The predicted molar refractivity (Wildman–Crippen MR) is 106 cm³/mol. The van der Waals surface area contributed by atoms with Crippen molar-refractivity contribution in [1.29, 1.82) is 0 Å². The Morgan fingerprint density at radius 2 is 2.07 bits per heavy atom. The molecule has 0 radical (unpaired) electrons. The molecule has 9 heteroatoms.